The summed E-state index contributed by atoms with van der Waals surface area (Å²) in [5, 5.41) is 0. The van der Waals surface area contributed by atoms with Crippen LogP contribution < -0.4 is 15.2 Å². The molecule has 3 nitrogen and oxygen atoms in total. The van der Waals surface area contributed by atoms with Gasteiger partial charge in [-0.05, 0) is 43.2 Å². The SMILES string of the molecule is Cc1cc(C(C)N)ccc1OCCCOc1ccccc1. The first-order valence-corrected chi connectivity index (χ1v) is 7.33. The van der Waals surface area contributed by atoms with E-state index in [1.165, 1.54) is 0 Å². The maximum atomic E-state index is 5.87. The Hall–Kier alpha value is -2.00. The summed E-state index contributed by atoms with van der Waals surface area (Å²) in [4.78, 5) is 0. The van der Waals surface area contributed by atoms with Crippen molar-refractivity contribution in [1.29, 1.82) is 0 Å². The predicted molar refractivity (Wildman–Crippen MR) is 85.8 cm³/mol. The summed E-state index contributed by atoms with van der Waals surface area (Å²) >= 11 is 0. The highest BCUT2D eigenvalue weighted by Gasteiger charge is 2.04. The van der Waals surface area contributed by atoms with E-state index in [9.17, 15) is 0 Å². The van der Waals surface area contributed by atoms with Crippen LogP contribution in [0.5, 0.6) is 11.5 Å². The van der Waals surface area contributed by atoms with Gasteiger partial charge in [0.05, 0.1) is 13.2 Å². The van der Waals surface area contributed by atoms with Gasteiger partial charge in [0, 0.05) is 12.5 Å². The zero-order chi connectivity index (χ0) is 15.1. The van der Waals surface area contributed by atoms with Gasteiger partial charge in [0.1, 0.15) is 11.5 Å². The minimum Gasteiger partial charge on any atom is -0.493 e. The monoisotopic (exact) mass is 285 g/mol. The summed E-state index contributed by atoms with van der Waals surface area (Å²) < 4.78 is 11.4. The number of hydrogen-bond donors (Lipinski definition) is 1. The normalized spacial score (nSPS) is 12.0. The van der Waals surface area contributed by atoms with Gasteiger partial charge in [0.2, 0.25) is 0 Å². The van der Waals surface area contributed by atoms with Crippen LogP contribution in [0, 0.1) is 6.92 Å². The number of benzene rings is 2. The lowest BCUT2D eigenvalue weighted by molar-refractivity contribution is 0.246. The number of para-hydroxylation sites is 1. The molecule has 2 aromatic rings. The Morgan fingerprint density at radius 2 is 1.71 bits per heavy atom. The molecule has 0 aliphatic carbocycles. The minimum atomic E-state index is 0.0528. The summed E-state index contributed by atoms with van der Waals surface area (Å²) in [7, 11) is 0. The van der Waals surface area contributed by atoms with Gasteiger partial charge in [-0.3, -0.25) is 0 Å². The van der Waals surface area contributed by atoms with Crippen LogP contribution in [-0.4, -0.2) is 13.2 Å². The fourth-order valence-electron chi connectivity index (χ4n) is 2.07. The van der Waals surface area contributed by atoms with Crippen molar-refractivity contribution >= 4 is 0 Å². The number of ether oxygens (including phenoxy) is 2. The van der Waals surface area contributed by atoms with E-state index < -0.39 is 0 Å². The minimum absolute atomic E-state index is 0.0528. The van der Waals surface area contributed by atoms with Gasteiger partial charge in [-0.25, -0.2) is 0 Å². The van der Waals surface area contributed by atoms with E-state index in [1.54, 1.807) is 0 Å². The predicted octanol–water partition coefficient (Wildman–Crippen LogP) is 3.86. The summed E-state index contributed by atoms with van der Waals surface area (Å²) in [6, 6.07) is 16.0. The molecule has 112 valence electrons. The molecule has 2 N–H and O–H groups in total. The third-order valence-corrected chi connectivity index (χ3v) is 3.28. The number of nitrogens with two attached hydrogens (primary N) is 1. The Balaban J connectivity index is 1.74. The summed E-state index contributed by atoms with van der Waals surface area (Å²) in [6.45, 7) is 5.32. The van der Waals surface area contributed by atoms with Crippen LogP contribution >= 0.6 is 0 Å². The standard InChI is InChI=1S/C18H23NO2/c1-14-13-16(15(2)19)9-10-18(14)21-12-6-11-20-17-7-4-3-5-8-17/h3-5,7-10,13,15H,6,11-12,19H2,1-2H3. The van der Waals surface area contributed by atoms with Crippen molar-refractivity contribution in [2.75, 3.05) is 13.2 Å². The highest BCUT2D eigenvalue weighted by atomic mass is 16.5. The molecular weight excluding hydrogens is 262 g/mol. The average molecular weight is 285 g/mol. The van der Waals surface area contributed by atoms with Crippen molar-refractivity contribution < 1.29 is 9.47 Å². The number of rotatable bonds is 7. The van der Waals surface area contributed by atoms with E-state index in [1.807, 2.05) is 56.3 Å². The highest BCUT2D eigenvalue weighted by molar-refractivity contribution is 5.37. The fourth-order valence-corrected chi connectivity index (χ4v) is 2.07. The van der Waals surface area contributed by atoms with Gasteiger partial charge >= 0.3 is 0 Å². The topological polar surface area (TPSA) is 44.5 Å². The molecule has 0 spiro atoms. The molecule has 2 aromatic carbocycles. The Morgan fingerprint density at radius 3 is 2.38 bits per heavy atom. The van der Waals surface area contributed by atoms with Gasteiger partial charge < -0.3 is 15.2 Å². The fraction of sp³-hybridized carbons (Fsp3) is 0.333. The maximum absolute atomic E-state index is 5.87. The zero-order valence-corrected chi connectivity index (χ0v) is 12.7. The quantitative estimate of drug-likeness (QED) is 0.786. The van der Waals surface area contributed by atoms with Crippen molar-refractivity contribution in [1.82, 2.24) is 0 Å². The summed E-state index contributed by atoms with van der Waals surface area (Å²) in [5.41, 5.74) is 8.12. The second-order valence-corrected chi connectivity index (χ2v) is 5.18. The molecule has 0 aliphatic rings. The van der Waals surface area contributed by atoms with Crippen molar-refractivity contribution in [2.24, 2.45) is 5.73 Å². The summed E-state index contributed by atoms with van der Waals surface area (Å²) in [6.07, 6.45) is 0.851. The van der Waals surface area contributed by atoms with E-state index >= 15 is 0 Å². The van der Waals surface area contributed by atoms with Crippen molar-refractivity contribution in [2.45, 2.75) is 26.3 Å². The average Bonchev–Trinajstić information content (AvgIpc) is 2.49. The molecule has 2 rings (SSSR count). The lowest BCUT2D eigenvalue weighted by Crippen LogP contribution is -2.07. The van der Waals surface area contributed by atoms with Crippen LogP contribution in [0.4, 0.5) is 0 Å². The van der Waals surface area contributed by atoms with E-state index in [2.05, 4.69) is 6.07 Å². The molecule has 0 saturated carbocycles. The molecule has 0 radical (unpaired) electrons. The van der Waals surface area contributed by atoms with Crippen LogP contribution in [0.3, 0.4) is 0 Å². The first-order chi connectivity index (χ1) is 10.2. The Kier molecular flexibility index (Phi) is 5.64. The van der Waals surface area contributed by atoms with E-state index in [4.69, 9.17) is 15.2 Å². The van der Waals surface area contributed by atoms with Crippen molar-refractivity contribution in [3.63, 3.8) is 0 Å². The first-order valence-electron chi connectivity index (χ1n) is 7.33. The molecular formula is C18H23NO2. The number of aryl methyl sites for hydroxylation is 1. The molecule has 0 saturated heterocycles. The lowest BCUT2D eigenvalue weighted by Gasteiger charge is -2.12. The van der Waals surface area contributed by atoms with E-state index in [-0.39, 0.29) is 6.04 Å². The van der Waals surface area contributed by atoms with Crippen molar-refractivity contribution in [3.8, 4) is 11.5 Å². The molecule has 0 fully saturated rings. The number of hydrogen-bond acceptors (Lipinski definition) is 3. The van der Waals surface area contributed by atoms with E-state index in [0.29, 0.717) is 13.2 Å². The van der Waals surface area contributed by atoms with Gasteiger partial charge in [-0.1, -0.05) is 30.3 Å². The molecule has 21 heavy (non-hydrogen) atoms. The molecule has 1 atom stereocenters. The lowest BCUT2D eigenvalue weighted by atomic mass is 10.1. The molecule has 0 bridgehead atoms. The smallest absolute Gasteiger partial charge is 0.122 e. The zero-order valence-electron chi connectivity index (χ0n) is 12.7. The van der Waals surface area contributed by atoms with Crippen molar-refractivity contribution in [3.05, 3.63) is 59.7 Å². The van der Waals surface area contributed by atoms with Gasteiger partial charge in [-0.2, -0.15) is 0 Å². The van der Waals surface area contributed by atoms with Crippen LogP contribution in [-0.2, 0) is 0 Å². The Morgan fingerprint density at radius 1 is 1.00 bits per heavy atom. The van der Waals surface area contributed by atoms with Gasteiger partial charge in [0.15, 0.2) is 0 Å². The van der Waals surface area contributed by atoms with Gasteiger partial charge in [-0.15, -0.1) is 0 Å². The van der Waals surface area contributed by atoms with E-state index in [0.717, 1.165) is 29.0 Å². The molecule has 0 aromatic heterocycles. The second-order valence-electron chi connectivity index (χ2n) is 5.18. The molecule has 0 amide bonds. The van der Waals surface area contributed by atoms with Crippen LogP contribution in [0.15, 0.2) is 48.5 Å². The van der Waals surface area contributed by atoms with Crippen LogP contribution in [0.1, 0.15) is 30.5 Å². The highest BCUT2D eigenvalue weighted by Crippen LogP contribution is 2.22. The molecule has 3 heteroatoms. The molecule has 0 aliphatic heterocycles. The third kappa shape index (κ3) is 4.80. The van der Waals surface area contributed by atoms with Crippen LogP contribution in [0.2, 0.25) is 0 Å². The molecule has 0 heterocycles. The Bertz CT molecular complexity index is 552. The first kappa shape index (κ1) is 15.4. The van der Waals surface area contributed by atoms with Crippen LogP contribution in [0.25, 0.3) is 0 Å². The summed E-state index contributed by atoms with van der Waals surface area (Å²) in [5.74, 6) is 1.81. The molecule has 1 unspecified atom stereocenters. The maximum Gasteiger partial charge on any atom is 0.122 e. The second kappa shape index (κ2) is 7.70. The Labute approximate surface area is 126 Å². The largest absolute Gasteiger partial charge is 0.493 e. The third-order valence-electron chi connectivity index (χ3n) is 3.28. The van der Waals surface area contributed by atoms with Gasteiger partial charge in [0.25, 0.3) is 0 Å².